The number of benzene rings is 18. The summed E-state index contributed by atoms with van der Waals surface area (Å²) in [5.74, 6) is 0. The molecule has 0 saturated carbocycles. The zero-order valence-corrected chi connectivity index (χ0v) is 63.6. The molecule has 0 radical (unpaired) electrons. The maximum absolute atomic E-state index is 7.21. The number of rotatable bonds is 10. The van der Waals surface area contributed by atoms with E-state index in [0.717, 1.165) is 139 Å². The molecule has 5 aromatic heterocycles. The molecule has 538 valence electrons. The Hall–Kier alpha value is -14.8. The lowest BCUT2D eigenvalue weighted by atomic mass is 9.34. The Morgan fingerprint density at radius 1 is 0.241 bits per heavy atom. The first kappa shape index (κ1) is 64.8. The summed E-state index contributed by atoms with van der Waals surface area (Å²) in [6.07, 6.45) is 0. The lowest BCUT2D eigenvalue weighted by Gasteiger charge is -2.42. The van der Waals surface area contributed by atoms with Gasteiger partial charge in [0.25, 0.3) is 0 Å². The van der Waals surface area contributed by atoms with Crippen LogP contribution in [0.1, 0.15) is 0 Å². The van der Waals surface area contributed by atoms with Gasteiger partial charge in [-0.2, -0.15) is 0 Å². The fourth-order valence-corrected chi connectivity index (χ4v) is 21.2. The van der Waals surface area contributed by atoms with Crippen molar-refractivity contribution in [3.63, 3.8) is 0 Å². The Kier molecular flexibility index (Phi) is 14.2. The Balaban J connectivity index is 0.815. The van der Waals surface area contributed by atoms with Gasteiger partial charge in [0.05, 0.1) is 61.2 Å². The van der Waals surface area contributed by atoms with E-state index in [1.54, 1.807) is 0 Å². The van der Waals surface area contributed by atoms with Crippen molar-refractivity contribution in [1.29, 1.82) is 0 Å². The molecule has 7 heterocycles. The molecule has 0 amide bonds. The van der Waals surface area contributed by atoms with Gasteiger partial charge >= 0.3 is 0 Å². The van der Waals surface area contributed by atoms with E-state index in [2.05, 4.69) is 424 Å². The van der Waals surface area contributed by atoms with E-state index in [9.17, 15) is 0 Å². The van der Waals surface area contributed by atoms with Gasteiger partial charge in [-0.3, -0.25) is 0 Å². The Morgan fingerprint density at radius 3 is 1.20 bits per heavy atom. The molecule has 0 N–H and O–H groups in total. The monoisotopic (exact) mass is 1490 g/mol. The van der Waals surface area contributed by atoms with Crippen LogP contribution in [-0.4, -0.2) is 25.0 Å². The molecule has 2 aliphatic heterocycles. The third-order valence-corrected chi connectivity index (χ3v) is 26.0. The minimum absolute atomic E-state index is 0.263. The van der Waals surface area contributed by atoms with E-state index in [0.29, 0.717) is 0 Å². The van der Waals surface area contributed by atoms with Crippen LogP contribution in [0.2, 0.25) is 0 Å². The first-order valence-corrected chi connectivity index (χ1v) is 40.7. The topological polar surface area (TPSA) is 36.1 Å². The van der Waals surface area contributed by atoms with Crippen LogP contribution in [0, 0.1) is 0 Å². The van der Waals surface area contributed by atoms with Crippen LogP contribution in [0.4, 0.5) is 17.1 Å². The molecule has 0 atom stereocenters. The Morgan fingerprint density at radius 2 is 0.655 bits per heavy atom. The number of nitrogens with zero attached hydrogens (tertiary/aromatic N) is 5. The van der Waals surface area contributed by atoms with Crippen LogP contribution in [0.25, 0.3) is 188 Å². The van der Waals surface area contributed by atoms with Crippen molar-refractivity contribution in [3.05, 3.63) is 400 Å². The third-order valence-electron chi connectivity index (χ3n) is 24.8. The molecule has 8 heteroatoms. The predicted octanol–water partition coefficient (Wildman–Crippen LogP) is 27.1. The Labute approximate surface area is 672 Å². The SMILES string of the molecule is c1ccc(-c2cccc(-c3ccc4c(c3)c3ccccc3n4-c3ccc4c(c3)N(c3c(-c5ccccc5)cccc3-c3ccccc3)c3cc(-c5c(-n6c7ccccc7c7ccccc76)cccc5-n5c6ccccc6c6ccccc65)cc5c3B4c3ccc4oc6ccc(-n7c8ccccc8c8ccccc87)cc6c4c3S5)c2)cc1. The van der Waals surface area contributed by atoms with Gasteiger partial charge in [-0.25, -0.2) is 0 Å². The van der Waals surface area contributed by atoms with Crippen molar-refractivity contribution in [3.8, 4) is 78.4 Å². The van der Waals surface area contributed by atoms with Crippen molar-refractivity contribution in [2.24, 2.45) is 0 Å². The fraction of sp³-hybridized carbons (Fsp3) is 0. The minimum Gasteiger partial charge on any atom is -0.456 e. The van der Waals surface area contributed by atoms with Gasteiger partial charge in [-0.05, 0) is 171 Å². The van der Waals surface area contributed by atoms with Gasteiger partial charge in [-0.1, -0.05) is 296 Å². The first-order valence-electron chi connectivity index (χ1n) is 39.9. The highest BCUT2D eigenvalue weighted by molar-refractivity contribution is 8.00. The molecule has 23 aromatic rings. The average Bonchev–Trinajstić information content (AvgIpc) is 0.967. The van der Waals surface area contributed by atoms with E-state index < -0.39 is 0 Å². The lowest BCUT2D eigenvalue weighted by Crippen LogP contribution is -2.60. The quantitative estimate of drug-likeness (QED) is 0.128. The van der Waals surface area contributed by atoms with E-state index in [-0.39, 0.29) is 6.71 Å². The summed E-state index contributed by atoms with van der Waals surface area (Å²) < 4.78 is 17.2. The number of fused-ring (bicyclic) bond motifs is 20. The molecule has 0 fully saturated rings. The zero-order chi connectivity index (χ0) is 75.8. The molecule has 25 rings (SSSR count). The zero-order valence-electron chi connectivity index (χ0n) is 62.7. The second-order valence-corrected chi connectivity index (χ2v) is 32.0. The summed E-state index contributed by atoms with van der Waals surface area (Å²) in [5.41, 5.74) is 33.5. The molecule has 0 saturated heterocycles. The first-order chi connectivity index (χ1) is 57.6. The van der Waals surface area contributed by atoms with Gasteiger partial charge < -0.3 is 27.6 Å². The Bertz CT molecular complexity index is 7730. The van der Waals surface area contributed by atoms with Crippen molar-refractivity contribution in [2.75, 3.05) is 4.90 Å². The van der Waals surface area contributed by atoms with Gasteiger partial charge in [0.15, 0.2) is 0 Å². The second-order valence-electron chi connectivity index (χ2n) is 30.9. The minimum atomic E-state index is -0.263. The van der Waals surface area contributed by atoms with E-state index in [4.69, 9.17) is 4.42 Å². The van der Waals surface area contributed by atoms with Crippen molar-refractivity contribution < 1.29 is 4.42 Å². The van der Waals surface area contributed by atoms with Crippen LogP contribution in [0.15, 0.2) is 415 Å². The molecule has 0 bridgehead atoms. The molecule has 0 spiro atoms. The lowest BCUT2D eigenvalue weighted by molar-refractivity contribution is 0.668. The highest BCUT2D eigenvalue weighted by Gasteiger charge is 2.44. The number of hydrogen-bond acceptors (Lipinski definition) is 3. The normalized spacial score (nSPS) is 12.6. The molecule has 116 heavy (non-hydrogen) atoms. The van der Waals surface area contributed by atoms with Crippen LogP contribution in [0.3, 0.4) is 0 Å². The van der Waals surface area contributed by atoms with Gasteiger partial charge in [0, 0.05) is 103 Å². The molecule has 18 aromatic carbocycles. The predicted molar refractivity (Wildman–Crippen MR) is 488 cm³/mol. The summed E-state index contributed by atoms with van der Waals surface area (Å²) in [5, 5.41) is 11.8. The largest absolute Gasteiger partial charge is 0.456 e. The van der Waals surface area contributed by atoms with Crippen LogP contribution >= 0.6 is 11.8 Å². The van der Waals surface area contributed by atoms with Crippen molar-refractivity contribution in [2.45, 2.75) is 9.79 Å². The summed E-state index contributed by atoms with van der Waals surface area (Å²) in [7, 11) is 0. The number of furan rings is 1. The molecule has 0 unspecified atom stereocenters. The van der Waals surface area contributed by atoms with Gasteiger partial charge in [0.1, 0.15) is 11.2 Å². The highest BCUT2D eigenvalue weighted by atomic mass is 32.2. The maximum atomic E-state index is 7.21. The molecule has 6 nitrogen and oxygen atoms in total. The van der Waals surface area contributed by atoms with E-state index in [1.807, 2.05) is 11.8 Å². The van der Waals surface area contributed by atoms with Crippen molar-refractivity contribution >= 4 is 161 Å². The van der Waals surface area contributed by atoms with Crippen molar-refractivity contribution in [1.82, 2.24) is 18.3 Å². The molecule has 0 aliphatic carbocycles. The van der Waals surface area contributed by atoms with Gasteiger partial charge in [-0.15, -0.1) is 0 Å². The third kappa shape index (κ3) is 9.56. The summed E-state index contributed by atoms with van der Waals surface area (Å²) in [4.78, 5) is 5.06. The second kappa shape index (κ2) is 25.3. The van der Waals surface area contributed by atoms with Crippen LogP contribution in [-0.2, 0) is 0 Å². The fourth-order valence-electron chi connectivity index (χ4n) is 19.9. The average molecular weight is 1490 g/mol. The van der Waals surface area contributed by atoms with Gasteiger partial charge in [0.2, 0.25) is 6.71 Å². The molecular formula is C108H66BN5OS. The number of para-hydroxylation sites is 8. The van der Waals surface area contributed by atoms with E-state index in [1.165, 1.54) is 91.5 Å². The summed E-state index contributed by atoms with van der Waals surface area (Å²) in [6.45, 7) is -0.263. The van der Waals surface area contributed by atoms with E-state index >= 15 is 0 Å². The number of aromatic nitrogens is 4. The standard InChI is InChI=1S/C108H66BN5OS/c1-4-27-67(28-5-1)70-33-24-34-71(61-70)72-53-58-96-85(62-72)84-41-16-19-46-91(84)111(96)75-54-56-87-99(66-75)114(107-76(68-29-6-2-7-30-68)42-25-43-77(107)69-31-8-3-9-32-69)100-63-73(104-97(112-92-47-20-12-37-80(92)81-38-13-21-48-93(81)112)51-26-52-98(104)113-94-49-22-14-39-82(94)83-40-15-23-50-95(83)113)64-103-106(100)109(87)88-57-60-102-105(108(88)116-103)86-65-74(55-59-101(86)115-102)110-89-44-17-10-35-78(89)79-36-11-18-45-90(79)110/h1-66H. The molecular weight excluding hydrogens is 1430 g/mol. The van der Waals surface area contributed by atoms with Crippen LogP contribution in [0.5, 0.6) is 0 Å². The smallest absolute Gasteiger partial charge is 0.249 e. The summed E-state index contributed by atoms with van der Waals surface area (Å²) >= 11 is 1.90. The maximum Gasteiger partial charge on any atom is 0.249 e. The highest BCUT2D eigenvalue weighted by Crippen LogP contribution is 2.54. The summed E-state index contributed by atoms with van der Waals surface area (Å²) in [6, 6.07) is 149. The number of anilines is 3. The van der Waals surface area contributed by atoms with Crippen LogP contribution < -0.4 is 21.3 Å². The molecule has 2 aliphatic rings. The number of hydrogen-bond donors (Lipinski definition) is 0.